The third-order valence-electron chi connectivity index (χ3n) is 5.24. The summed E-state index contributed by atoms with van der Waals surface area (Å²) in [4.78, 5) is 33.5. The predicted octanol–water partition coefficient (Wildman–Crippen LogP) is 1.72. The van der Waals surface area contributed by atoms with Crippen LogP contribution in [0.1, 0.15) is 12.1 Å². The van der Waals surface area contributed by atoms with Crippen molar-refractivity contribution in [2.45, 2.75) is 31.9 Å². The first-order valence-electron chi connectivity index (χ1n) is 11.2. The van der Waals surface area contributed by atoms with Crippen LogP contribution in [-0.2, 0) is 36.9 Å². The van der Waals surface area contributed by atoms with E-state index in [0.29, 0.717) is 18.4 Å². The molecule has 0 bridgehead atoms. The average molecular weight is 564 g/mol. The fourth-order valence-corrected chi connectivity index (χ4v) is 3.40. The van der Waals surface area contributed by atoms with Crippen molar-refractivity contribution in [3.8, 4) is 0 Å². The zero-order valence-corrected chi connectivity index (χ0v) is 20.7. The number of halogens is 6. The fraction of sp³-hybridized carbons (Fsp3) is 0.714. The van der Waals surface area contributed by atoms with Gasteiger partial charge in [-0.2, -0.15) is 31.4 Å². The number of fused-ring (bicyclic) bond motifs is 1. The summed E-state index contributed by atoms with van der Waals surface area (Å²) in [5, 5.41) is 18.7. The largest absolute Gasteiger partial charge is 0.490 e. The number of hydrogen-bond donors (Lipinski definition) is 2. The number of ether oxygens (including phenoxy) is 2. The van der Waals surface area contributed by atoms with E-state index in [4.69, 9.17) is 29.3 Å². The predicted molar refractivity (Wildman–Crippen MR) is 117 cm³/mol. The van der Waals surface area contributed by atoms with Gasteiger partial charge < -0.3 is 24.6 Å². The van der Waals surface area contributed by atoms with Crippen molar-refractivity contribution >= 4 is 17.8 Å². The number of carboxylic acids is 2. The minimum atomic E-state index is -5.08. The minimum Gasteiger partial charge on any atom is -0.475 e. The van der Waals surface area contributed by atoms with Crippen LogP contribution in [0.2, 0.25) is 0 Å². The molecule has 2 aliphatic heterocycles. The second-order valence-corrected chi connectivity index (χ2v) is 8.70. The molecule has 2 aliphatic rings. The third kappa shape index (κ3) is 12.6. The molecule has 1 aromatic heterocycles. The highest BCUT2D eigenvalue weighted by Crippen LogP contribution is 2.20. The SMILES string of the molecule is CN(C)C(=O)COCC1CN(CC2CCOC2)Cc2ccnn2C1.O=C(O)C(F)(F)F.O=C(O)C(F)(F)F. The van der Waals surface area contributed by atoms with Crippen LogP contribution in [0.25, 0.3) is 0 Å². The summed E-state index contributed by atoms with van der Waals surface area (Å²) in [6.45, 7) is 6.26. The van der Waals surface area contributed by atoms with Crippen LogP contribution in [0, 0.1) is 11.8 Å². The van der Waals surface area contributed by atoms with Gasteiger partial charge in [0, 0.05) is 59.0 Å². The van der Waals surface area contributed by atoms with Crippen LogP contribution < -0.4 is 0 Å². The number of nitrogens with zero attached hydrogens (tertiary/aromatic N) is 4. The maximum atomic E-state index is 11.7. The number of carbonyl (C=O) groups is 3. The first-order chi connectivity index (χ1) is 17.5. The Labute approximate surface area is 213 Å². The molecule has 0 saturated carbocycles. The Kier molecular flexibility index (Phi) is 13.0. The molecule has 0 spiro atoms. The molecule has 11 nitrogen and oxygen atoms in total. The number of amides is 1. The van der Waals surface area contributed by atoms with Crippen molar-refractivity contribution in [1.82, 2.24) is 19.6 Å². The van der Waals surface area contributed by atoms with E-state index in [1.807, 2.05) is 6.20 Å². The highest BCUT2D eigenvalue weighted by Gasteiger charge is 2.38. The number of alkyl halides is 6. The lowest BCUT2D eigenvalue weighted by Gasteiger charge is -2.26. The molecule has 1 fully saturated rings. The second-order valence-electron chi connectivity index (χ2n) is 8.70. The molecule has 2 N–H and O–H groups in total. The van der Waals surface area contributed by atoms with Crippen LogP contribution in [-0.4, -0.2) is 114 Å². The van der Waals surface area contributed by atoms with E-state index < -0.39 is 24.3 Å². The van der Waals surface area contributed by atoms with Crippen molar-refractivity contribution in [1.29, 1.82) is 0 Å². The molecule has 1 saturated heterocycles. The fourth-order valence-electron chi connectivity index (χ4n) is 3.40. The van der Waals surface area contributed by atoms with Crippen molar-refractivity contribution < 1.29 is 60.4 Å². The molecule has 2 atom stereocenters. The van der Waals surface area contributed by atoms with Gasteiger partial charge >= 0.3 is 24.3 Å². The lowest BCUT2D eigenvalue weighted by molar-refractivity contribution is -0.193. The summed E-state index contributed by atoms with van der Waals surface area (Å²) in [7, 11) is 3.50. The molecular weight excluding hydrogens is 534 g/mol. The number of carboxylic acid groups (broad SMARTS) is 2. The lowest BCUT2D eigenvalue weighted by atomic mass is 10.1. The monoisotopic (exact) mass is 564 g/mol. The zero-order chi connectivity index (χ0) is 29.1. The number of aromatic nitrogens is 2. The number of carbonyl (C=O) groups excluding carboxylic acids is 1. The van der Waals surface area contributed by atoms with Gasteiger partial charge in [-0.25, -0.2) is 9.59 Å². The number of aliphatic carboxylic acids is 2. The van der Waals surface area contributed by atoms with E-state index in [9.17, 15) is 31.1 Å². The highest BCUT2D eigenvalue weighted by atomic mass is 19.4. The van der Waals surface area contributed by atoms with E-state index in [1.54, 1.807) is 19.0 Å². The van der Waals surface area contributed by atoms with Crippen molar-refractivity contribution in [3.05, 3.63) is 18.0 Å². The van der Waals surface area contributed by atoms with Crippen LogP contribution >= 0.6 is 0 Å². The van der Waals surface area contributed by atoms with Gasteiger partial charge in [-0.3, -0.25) is 14.4 Å². The molecule has 3 heterocycles. The van der Waals surface area contributed by atoms with Gasteiger partial charge in [-0.15, -0.1) is 0 Å². The normalized spacial score (nSPS) is 19.7. The maximum absolute atomic E-state index is 11.7. The summed E-state index contributed by atoms with van der Waals surface area (Å²) in [6.07, 6.45) is -7.15. The first-order valence-corrected chi connectivity index (χ1v) is 11.2. The van der Waals surface area contributed by atoms with Crippen LogP contribution in [0.3, 0.4) is 0 Å². The minimum absolute atomic E-state index is 0.00311. The Bertz CT molecular complexity index is 877. The molecule has 38 heavy (non-hydrogen) atoms. The van der Waals surface area contributed by atoms with Gasteiger partial charge in [-0.1, -0.05) is 0 Å². The number of likely N-dealkylation sites (N-methyl/N-ethyl adjacent to an activating group) is 1. The molecule has 3 rings (SSSR count). The van der Waals surface area contributed by atoms with Gasteiger partial charge in [-0.05, 0) is 18.4 Å². The smallest absolute Gasteiger partial charge is 0.475 e. The average Bonchev–Trinajstić information content (AvgIpc) is 3.42. The van der Waals surface area contributed by atoms with E-state index in [-0.39, 0.29) is 12.5 Å². The molecule has 0 aromatic carbocycles. The molecule has 0 radical (unpaired) electrons. The quantitative estimate of drug-likeness (QED) is 0.496. The Morgan fingerprint density at radius 3 is 2.13 bits per heavy atom. The molecule has 0 aliphatic carbocycles. The van der Waals surface area contributed by atoms with Crippen LogP contribution in [0.15, 0.2) is 12.3 Å². The molecule has 218 valence electrons. The van der Waals surface area contributed by atoms with Gasteiger partial charge in [0.2, 0.25) is 5.91 Å². The van der Waals surface area contributed by atoms with E-state index in [2.05, 4.69) is 20.7 Å². The molecule has 1 amide bonds. The van der Waals surface area contributed by atoms with E-state index in [1.165, 1.54) is 5.69 Å². The molecule has 1 aromatic rings. The maximum Gasteiger partial charge on any atom is 0.490 e. The van der Waals surface area contributed by atoms with Crippen LogP contribution in [0.4, 0.5) is 26.3 Å². The zero-order valence-electron chi connectivity index (χ0n) is 20.7. The Hall–Kier alpha value is -2.92. The second kappa shape index (κ2) is 14.9. The summed E-state index contributed by atoms with van der Waals surface area (Å²) in [6, 6.07) is 2.09. The van der Waals surface area contributed by atoms with E-state index >= 15 is 0 Å². The Balaban J connectivity index is 0.000000426. The van der Waals surface area contributed by atoms with Gasteiger partial charge in [0.25, 0.3) is 0 Å². The van der Waals surface area contributed by atoms with Crippen molar-refractivity contribution in [2.24, 2.45) is 11.8 Å². The Morgan fingerprint density at radius 2 is 1.66 bits per heavy atom. The third-order valence-corrected chi connectivity index (χ3v) is 5.24. The van der Waals surface area contributed by atoms with Gasteiger partial charge in [0.1, 0.15) is 6.61 Å². The van der Waals surface area contributed by atoms with Gasteiger partial charge in [0.05, 0.1) is 18.9 Å². The summed E-state index contributed by atoms with van der Waals surface area (Å²) in [5.74, 6) is -4.55. The lowest BCUT2D eigenvalue weighted by Crippen LogP contribution is -2.35. The number of rotatable bonds is 6. The number of hydrogen-bond acceptors (Lipinski definition) is 7. The standard InChI is InChI=1S/C17H28N4O3.2C2HF3O2/c1-19(2)17(22)13-24-12-15-8-20(7-14-4-6-23-11-14)10-16-3-5-18-21(16)9-15;2*3-2(4,5)1(6)7/h3,5,14-15H,4,6-13H2,1-2H3;2*(H,6,7). The van der Waals surface area contributed by atoms with Gasteiger partial charge in [0.15, 0.2) is 0 Å². The molecule has 17 heteroatoms. The highest BCUT2D eigenvalue weighted by molar-refractivity contribution is 5.76. The topological polar surface area (TPSA) is 134 Å². The summed E-state index contributed by atoms with van der Waals surface area (Å²) < 4.78 is 76.7. The molecular formula is C21H30F6N4O7. The van der Waals surface area contributed by atoms with Crippen molar-refractivity contribution in [3.63, 3.8) is 0 Å². The Morgan fingerprint density at radius 1 is 1.08 bits per heavy atom. The van der Waals surface area contributed by atoms with Crippen molar-refractivity contribution in [2.75, 3.05) is 53.6 Å². The van der Waals surface area contributed by atoms with Crippen LogP contribution in [0.5, 0.6) is 0 Å². The molecule has 2 unspecified atom stereocenters. The first kappa shape index (κ1) is 33.1. The summed E-state index contributed by atoms with van der Waals surface area (Å²) >= 11 is 0. The van der Waals surface area contributed by atoms with E-state index in [0.717, 1.165) is 45.8 Å². The summed E-state index contributed by atoms with van der Waals surface area (Å²) in [5.41, 5.74) is 1.25.